The minimum Gasteiger partial charge on any atom is -0.310 e. The summed E-state index contributed by atoms with van der Waals surface area (Å²) < 4.78 is 12.9. The number of benzene rings is 1. The molecule has 1 heterocycles. The van der Waals surface area contributed by atoms with Crippen molar-refractivity contribution in [3.05, 3.63) is 62.0 Å². The number of nitrogens with one attached hydrogen (secondary N) is 1. The summed E-state index contributed by atoms with van der Waals surface area (Å²) in [6.45, 7) is 3.50. The predicted octanol–water partition coefficient (Wildman–Crippen LogP) is 2.77. The number of aryl methyl sites for hydroxylation is 1. The SMILES string of the molecule is Cc1nc(Cc2ccc(F)cc2Cl)[nH]c(=O)c1C. The maximum atomic E-state index is 12.9. The largest absolute Gasteiger partial charge is 0.310 e. The standard InChI is InChI=1S/C13H12ClFN2O/c1-7-8(2)16-12(17-13(7)18)5-9-3-4-10(15)6-11(9)14/h3-4,6H,5H2,1-2H3,(H,16,17,18). The van der Waals surface area contributed by atoms with Crippen LogP contribution in [0.1, 0.15) is 22.6 Å². The van der Waals surface area contributed by atoms with E-state index in [1.807, 2.05) is 0 Å². The summed E-state index contributed by atoms with van der Waals surface area (Å²) in [6, 6.07) is 4.17. The van der Waals surface area contributed by atoms with Crippen molar-refractivity contribution in [2.75, 3.05) is 0 Å². The average Bonchev–Trinajstić information content (AvgIpc) is 2.29. The summed E-state index contributed by atoms with van der Waals surface area (Å²) in [4.78, 5) is 18.6. The molecule has 1 aromatic heterocycles. The second-order valence-corrected chi connectivity index (χ2v) is 4.54. The molecule has 0 spiro atoms. The highest BCUT2D eigenvalue weighted by Gasteiger charge is 2.07. The molecule has 5 heteroatoms. The minimum atomic E-state index is -0.384. The molecular weight excluding hydrogens is 255 g/mol. The molecule has 1 N–H and O–H groups in total. The normalized spacial score (nSPS) is 10.7. The lowest BCUT2D eigenvalue weighted by molar-refractivity contribution is 0.627. The molecule has 0 fully saturated rings. The van der Waals surface area contributed by atoms with Gasteiger partial charge >= 0.3 is 0 Å². The second kappa shape index (κ2) is 4.90. The van der Waals surface area contributed by atoms with Crippen molar-refractivity contribution in [2.24, 2.45) is 0 Å². The molecular formula is C13H12ClFN2O. The summed E-state index contributed by atoms with van der Waals surface area (Å²) in [6.07, 6.45) is 0.371. The van der Waals surface area contributed by atoms with Crippen molar-refractivity contribution >= 4 is 11.6 Å². The highest BCUT2D eigenvalue weighted by atomic mass is 35.5. The molecule has 3 nitrogen and oxygen atoms in total. The first-order chi connectivity index (χ1) is 8.47. The molecule has 0 radical (unpaired) electrons. The lowest BCUT2D eigenvalue weighted by Crippen LogP contribution is -2.16. The molecule has 2 rings (SSSR count). The number of hydrogen-bond acceptors (Lipinski definition) is 2. The number of aromatic nitrogens is 2. The van der Waals surface area contributed by atoms with Crippen LogP contribution in [0.15, 0.2) is 23.0 Å². The van der Waals surface area contributed by atoms with Crippen LogP contribution in [-0.4, -0.2) is 9.97 Å². The lowest BCUT2D eigenvalue weighted by atomic mass is 10.1. The lowest BCUT2D eigenvalue weighted by Gasteiger charge is -2.06. The van der Waals surface area contributed by atoms with Gasteiger partial charge in [-0.1, -0.05) is 17.7 Å². The highest BCUT2D eigenvalue weighted by molar-refractivity contribution is 6.31. The fourth-order valence-corrected chi connectivity index (χ4v) is 1.87. The van der Waals surface area contributed by atoms with Gasteiger partial charge in [0.15, 0.2) is 0 Å². The Labute approximate surface area is 109 Å². The quantitative estimate of drug-likeness (QED) is 0.908. The van der Waals surface area contributed by atoms with Gasteiger partial charge in [0, 0.05) is 22.7 Å². The molecule has 1 aromatic carbocycles. The zero-order valence-electron chi connectivity index (χ0n) is 10.1. The number of rotatable bonds is 2. The van der Waals surface area contributed by atoms with Crippen LogP contribution in [0.25, 0.3) is 0 Å². The van der Waals surface area contributed by atoms with Crippen molar-refractivity contribution < 1.29 is 4.39 Å². The Morgan fingerprint density at radius 3 is 2.72 bits per heavy atom. The van der Waals surface area contributed by atoms with E-state index in [1.165, 1.54) is 12.1 Å². The Balaban J connectivity index is 2.37. The number of halogens is 2. The Hall–Kier alpha value is -1.68. The molecule has 0 aliphatic heterocycles. The molecule has 0 aliphatic rings. The Morgan fingerprint density at radius 1 is 1.39 bits per heavy atom. The Kier molecular flexibility index (Phi) is 3.48. The maximum Gasteiger partial charge on any atom is 0.254 e. The first-order valence-corrected chi connectivity index (χ1v) is 5.85. The summed E-state index contributed by atoms with van der Waals surface area (Å²) >= 11 is 5.93. The van der Waals surface area contributed by atoms with Crippen LogP contribution in [0, 0.1) is 19.7 Å². The topological polar surface area (TPSA) is 45.8 Å². The van der Waals surface area contributed by atoms with Gasteiger partial charge in [0.05, 0.1) is 0 Å². The van der Waals surface area contributed by atoms with E-state index in [-0.39, 0.29) is 11.4 Å². The zero-order valence-corrected chi connectivity index (χ0v) is 10.8. The molecule has 2 aromatic rings. The van der Waals surface area contributed by atoms with E-state index in [0.717, 1.165) is 5.56 Å². The van der Waals surface area contributed by atoms with Gasteiger partial charge < -0.3 is 4.98 Å². The molecule has 0 aliphatic carbocycles. The third-order valence-electron chi connectivity index (χ3n) is 2.82. The Morgan fingerprint density at radius 2 is 2.11 bits per heavy atom. The summed E-state index contributed by atoms with van der Waals surface area (Å²) in [7, 11) is 0. The molecule has 0 saturated carbocycles. The fourth-order valence-electron chi connectivity index (χ4n) is 1.63. The number of H-pyrrole nitrogens is 1. The van der Waals surface area contributed by atoms with Gasteiger partial charge in [-0.05, 0) is 31.5 Å². The Bertz CT molecular complexity index is 652. The predicted molar refractivity (Wildman–Crippen MR) is 68.5 cm³/mol. The van der Waals surface area contributed by atoms with Crippen molar-refractivity contribution in [2.45, 2.75) is 20.3 Å². The average molecular weight is 267 g/mol. The van der Waals surface area contributed by atoms with E-state index < -0.39 is 0 Å². The number of hydrogen-bond donors (Lipinski definition) is 1. The van der Waals surface area contributed by atoms with Gasteiger partial charge in [-0.3, -0.25) is 4.79 Å². The monoisotopic (exact) mass is 266 g/mol. The van der Waals surface area contributed by atoms with E-state index in [4.69, 9.17) is 11.6 Å². The van der Waals surface area contributed by atoms with E-state index in [0.29, 0.717) is 28.5 Å². The summed E-state index contributed by atoms with van der Waals surface area (Å²) in [5, 5.41) is 0.330. The highest BCUT2D eigenvalue weighted by Crippen LogP contribution is 2.19. The van der Waals surface area contributed by atoms with Crippen molar-refractivity contribution in [3.8, 4) is 0 Å². The molecule has 0 bridgehead atoms. The second-order valence-electron chi connectivity index (χ2n) is 4.14. The van der Waals surface area contributed by atoms with Gasteiger partial charge in [0.25, 0.3) is 5.56 Å². The maximum absolute atomic E-state index is 12.9. The minimum absolute atomic E-state index is 0.157. The molecule has 0 saturated heterocycles. The third-order valence-corrected chi connectivity index (χ3v) is 3.17. The van der Waals surface area contributed by atoms with Crippen LogP contribution < -0.4 is 5.56 Å². The van der Waals surface area contributed by atoms with Crippen LogP contribution in [0.2, 0.25) is 5.02 Å². The summed E-state index contributed by atoms with van der Waals surface area (Å²) in [5.74, 6) is 0.141. The number of nitrogens with zero attached hydrogens (tertiary/aromatic N) is 1. The smallest absolute Gasteiger partial charge is 0.254 e. The molecule has 0 atom stereocenters. The number of aromatic amines is 1. The van der Waals surface area contributed by atoms with Crippen LogP contribution in [0.4, 0.5) is 4.39 Å². The zero-order chi connectivity index (χ0) is 13.3. The van der Waals surface area contributed by atoms with Gasteiger partial charge in [-0.2, -0.15) is 0 Å². The van der Waals surface area contributed by atoms with Crippen LogP contribution >= 0.6 is 11.6 Å². The molecule has 94 valence electrons. The van der Waals surface area contributed by atoms with Gasteiger partial charge in [0.1, 0.15) is 11.6 Å². The molecule has 0 unspecified atom stereocenters. The van der Waals surface area contributed by atoms with E-state index >= 15 is 0 Å². The first-order valence-electron chi connectivity index (χ1n) is 5.47. The first kappa shape index (κ1) is 12.8. The molecule has 0 amide bonds. The van der Waals surface area contributed by atoms with Crippen molar-refractivity contribution in [3.63, 3.8) is 0 Å². The third kappa shape index (κ3) is 2.59. The van der Waals surface area contributed by atoms with E-state index in [9.17, 15) is 9.18 Å². The van der Waals surface area contributed by atoms with Crippen molar-refractivity contribution in [1.82, 2.24) is 9.97 Å². The summed E-state index contributed by atoms with van der Waals surface area (Å²) in [5.41, 5.74) is 1.86. The fraction of sp³-hybridized carbons (Fsp3) is 0.231. The van der Waals surface area contributed by atoms with Crippen molar-refractivity contribution in [1.29, 1.82) is 0 Å². The van der Waals surface area contributed by atoms with Crippen LogP contribution in [-0.2, 0) is 6.42 Å². The van der Waals surface area contributed by atoms with E-state index in [2.05, 4.69) is 9.97 Å². The van der Waals surface area contributed by atoms with Gasteiger partial charge in [-0.15, -0.1) is 0 Å². The van der Waals surface area contributed by atoms with Crippen LogP contribution in [0.3, 0.4) is 0 Å². The molecule has 18 heavy (non-hydrogen) atoms. The van der Waals surface area contributed by atoms with Gasteiger partial charge in [-0.25, -0.2) is 9.37 Å². The van der Waals surface area contributed by atoms with Crippen LogP contribution in [0.5, 0.6) is 0 Å². The van der Waals surface area contributed by atoms with Gasteiger partial charge in [0.2, 0.25) is 0 Å². The van der Waals surface area contributed by atoms with E-state index in [1.54, 1.807) is 19.9 Å².